The van der Waals surface area contributed by atoms with Gasteiger partial charge in [-0.15, -0.1) is 0 Å². The Kier molecular flexibility index (Phi) is 5.01. The van der Waals surface area contributed by atoms with E-state index in [1.807, 2.05) is 24.0 Å². The minimum Gasteiger partial charge on any atom is -0.398 e. The van der Waals surface area contributed by atoms with E-state index in [-0.39, 0.29) is 5.91 Å². The largest absolute Gasteiger partial charge is 0.398 e. The molecule has 2 N–H and O–H groups in total. The SMILES string of the molecule is CCCN1CCCN(C(=O)c2ccc(C)c(N)c2)CC1. The molecule has 20 heavy (non-hydrogen) atoms. The van der Waals surface area contributed by atoms with Crippen LogP contribution in [0, 0.1) is 6.92 Å². The van der Waals surface area contributed by atoms with Gasteiger partial charge in [-0.1, -0.05) is 13.0 Å². The molecule has 1 heterocycles. The molecule has 0 aromatic heterocycles. The summed E-state index contributed by atoms with van der Waals surface area (Å²) in [4.78, 5) is 16.9. The van der Waals surface area contributed by atoms with Gasteiger partial charge in [0.05, 0.1) is 0 Å². The summed E-state index contributed by atoms with van der Waals surface area (Å²) < 4.78 is 0. The fraction of sp³-hybridized carbons (Fsp3) is 0.562. The quantitative estimate of drug-likeness (QED) is 0.860. The molecule has 0 atom stereocenters. The Balaban J connectivity index is 2.03. The number of aryl methyl sites for hydroxylation is 1. The normalized spacial score (nSPS) is 17.0. The summed E-state index contributed by atoms with van der Waals surface area (Å²) in [6.45, 7) is 8.99. The first-order valence-corrected chi connectivity index (χ1v) is 7.49. The van der Waals surface area contributed by atoms with Crippen LogP contribution in [0.1, 0.15) is 35.7 Å². The number of hydrogen-bond acceptors (Lipinski definition) is 3. The number of anilines is 1. The zero-order chi connectivity index (χ0) is 14.5. The standard InChI is InChI=1S/C16H25N3O/c1-3-7-18-8-4-9-19(11-10-18)16(20)14-6-5-13(2)15(17)12-14/h5-6,12H,3-4,7-11,17H2,1-2H3. The van der Waals surface area contributed by atoms with Crippen molar-refractivity contribution in [2.75, 3.05) is 38.5 Å². The molecule has 4 nitrogen and oxygen atoms in total. The Morgan fingerprint density at radius 1 is 1.25 bits per heavy atom. The maximum absolute atomic E-state index is 12.5. The van der Waals surface area contributed by atoms with E-state index in [1.165, 1.54) is 6.42 Å². The van der Waals surface area contributed by atoms with Gasteiger partial charge in [0, 0.05) is 30.9 Å². The highest BCUT2D eigenvalue weighted by Crippen LogP contribution is 2.16. The molecule has 0 radical (unpaired) electrons. The molecule has 110 valence electrons. The maximum atomic E-state index is 12.5. The topological polar surface area (TPSA) is 49.6 Å². The van der Waals surface area contributed by atoms with E-state index in [0.29, 0.717) is 11.3 Å². The Morgan fingerprint density at radius 3 is 2.75 bits per heavy atom. The van der Waals surface area contributed by atoms with Gasteiger partial charge >= 0.3 is 0 Å². The second-order valence-corrected chi connectivity index (χ2v) is 5.56. The average molecular weight is 275 g/mol. The van der Waals surface area contributed by atoms with E-state index >= 15 is 0 Å². The highest BCUT2D eigenvalue weighted by Gasteiger charge is 2.20. The second-order valence-electron chi connectivity index (χ2n) is 5.56. The number of nitrogens with two attached hydrogens (primary N) is 1. The molecule has 0 unspecified atom stereocenters. The zero-order valence-corrected chi connectivity index (χ0v) is 12.6. The van der Waals surface area contributed by atoms with E-state index in [0.717, 1.165) is 44.7 Å². The first-order chi connectivity index (χ1) is 9.61. The van der Waals surface area contributed by atoms with Crippen molar-refractivity contribution < 1.29 is 4.79 Å². The fourth-order valence-electron chi connectivity index (χ4n) is 2.67. The fourth-order valence-corrected chi connectivity index (χ4v) is 2.67. The number of nitrogen functional groups attached to an aromatic ring is 1. The van der Waals surface area contributed by atoms with Crippen molar-refractivity contribution in [1.29, 1.82) is 0 Å². The molecule has 1 aromatic rings. The van der Waals surface area contributed by atoms with Crippen molar-refractivity contribution in [3.05, 3.63) is 29.3 Å². The molecule has 0 bridgehead atoms. The van der Waals surface area contributed by atoms with Gasteiger partial charge in [-0.25, -0.2) is 0 Å². The van der Waals surface area contributed by atoms with Crippen LogP contribution in [0.5, 0.6) is 0 Å². The van der Waals surface area contributed by atoms with Gasteiger partial charge in [-0.05, 0) is 50.6 Å². The zero-order valence-electron chi connectivity index (χ0n) is 12.6. The lowest BCUT2D eigenvalue weighted by Crippen LogP contribution is -2.35. The van der Waals surface area contributed by atoms with Crippen LogP contribution in [0.2, 0.25) is 0 Å². The monoisotopic (exact) mass is 275 g/mol. The number of hydrogen-bond donors (Lipinski definition) is 1. The molecule has 0 aliphatic carbocycles. The van der Waals surface area contributed by atoms with Crippen LogP contribution in [0.15, 0.2) is 18.2 Å². The molecule has 1 fully saturated rings. The van der Waals surface area contributed by atoms with E-state index in [9.17, 15) is 4.79 Å². The molecule has 1 amide bonds. The van der Waals surface area contributed by atoms with Gasteiger partial charge < -0.3 is 15.5 Å². The number of benzene rings is 1. The van der Waals surface area contributed by atoms with Crippen LogP contribution in [-0.4, -0.2) is 48.4 Å². The minimum atomic E-state index is 0.107. The molecule has 2 rings (SSSR count). The lowest BCUT2D eigenvalue weighted by Gasteiger charge is -2.22. The summed E-state index contributed by atoms with van der Waals surface area (Å²) in [5, 5.41) is 0. The third-order valence-electron chi connectivity index (χ3n) is 3.94. The number of carbonyl (C=O) groups is 1. The summed E-state index contributed by atoms with van der Waals surface area (Å²) in [5.41, 5.74) is 8.32. The third kappa shape index (κ3) is 3.51. The predicted molar refractivity (Wildman–Crippen MR) is 82.8 cm³/mol. The van der Waals surface area contributed by atoms with Crippen molar-refractivity contribution in [2.45, 2.75) is 26.7 Å². The average Bonchev–Trinajstić information content (AvgIpc) is 2.67. The highest BCUT2D eigenvalue weighted by atomic mass is 16.2. The van der Waals surface area contributed by atoms with Gasteiger partial charge in [0.15, 0.2) is 0 Å². The number of nitrogens with zero attached hydrogens (tertiary/aromatic N) is 2. The minimum absolute atomic E-state index is 0.107. The molecule has 0 spiro atoms. The Labute approximate surface area is 121 Å². The van der Waals surface area contributed by atoms with E-state index in [2.05, 4.69) is 11.8 Å². The first kappa shape index (κ1) is 14.9. The lowest BCUT2D eigenvalue weighted by molar-refractivity contribution is 0.0761. The summed E-state index contributed by atoms with van der Waals surface area (Å²) in [6.07, 6.45) is 2.22. The van der Waals surface area contributed by atoms with E-state index in [1.54, 1.807) is 6.07 Å². The van der Waals surface area contributed by atoms with Gasteiger partial charge in [0.25, 0.3) is 5.91 Å². The summed E-state index contributed by atoms with van der Waals surface area (Å²) in [6, 6.07) is 5.60. The van der Waals surface area contributed by atoms with Crippen LogP contribution < -0.4 is 5.73 Å². The van der Waals surface area contributed by atoms with E-state index in [4.69, 9.17) is 5.73 Å². The number of carbonyl (C=O) groups excluding carboxylic acids is 1. The van der Waals surface area contributed by atoms with Crippen molar-refractivity contribution in [3.63, 3.8) is 0 Å². The van der Waals surface area contributed by atoms with Crippen LogP contribution >= 0.6 is 0 Å². The first-order valence-electron chi connectivity index (χ1n) is 7.49. The Hall–Kier alpha value is -1.55. The molecule has 1 aliphatic rings. The van der Waals surface area contributed by atoms with Gasteiger partial charge in [0.2, 0.25) is 0 Å². The number of amides is 1. The summed E-state index contributed by atoms with van der Waals surface area (Å²) >= 11 is 0. The summed E-state index contributed by atoms with van der Waals surface area (Å²) in [5.74, 6) is 0.107. The van der Waals surface area contributed by atoms with Crippen molar-refractivity contribution in [3.8, 4) is 0 Å². The van der Waals surface area contributed by atoms with Crippen molar-refractivity contribution in [2.24, 2.45) is 0 Å². The van der Waals surface area contributed by atoms with Gasteiger partial charge in [0.1, 0.15) is 0 Å². The third-order valence-corrected chi connectivity index (χ3v) is 3.94. The highest BCUT2D eigenvalue weighted by molar-refractivity contribution is 5.95. The Bertz CT molecular complexity index is 473. The van der Waals surface area contributed by atoms with Crippen LogP contribution in [0.4, 0.5) is 5.69 Å². The Morgan fingerprint density at radius 2 is 2.05 bits per heavy atom. The molecule has 1 aliphatic heterocycles. The van der Waals surface area contributed by atoms with Gasteiger partial charge in [-0.3, -0.25) is 4.79 Å². The molecule has 4 heteroatoms. The van der Waals surface area contributed by atoms with Crippen LogP contribution in [-0.2, 0) is 0 Å². The summed E-state index contributed by atoms with van der Waals surface area (Å²) in [7, 11) is 0. The maximum Gasteiger partial charge on any atom is 0.253 e. The molecule has 0 saturated carbocycles. The number of rotatable bonds is 3. The molecular weight excluding hydrogens is 250 g/mol. The molecular formula is C16H25N3O. The smallest absolute Gasteiger partial charge is 0.253 e. The van der Waals surface area contributed by atoms with Crippen LogP contribution in [0.25, 0.3) is 0 Å². The van der Waals surface area contributed by atoms with Gasteiger partial charge in [-0.2, -0.15) is 0 Å². The van der Waals surface area contributed by atoms with Crippen molar-refractivity contribution >= 4 is 11.6 Å². The van der Waals surface area contributed by atoms with Crippen molar-refractivity contribution in [1.82, 2.24) is 9.80 Å². The molecule has 1 saturated heterocycles. The predicted octanol–water partition coefficient (Wildman–Crippen LogP) is 2.14. The van der Waals surface area contributed by atoms with E-state index < -0.39 is 0 Å². The van der Waals surface area contributed by atoms with Crippen LogP contribution in [0.3, 0.4) is 0 Å². The lowest BCUT2D eigenvalue weighted by atomic mass is 10.1. The molecule has 1 aromatic carbocycles. The second kappa shape index (κ2) is 6.75.